The van der Waals surface area contributed by atoms with Gasteiger partial charge in [0.1, 0.15) is 11.6 Å². The van der Waals surface area contributed by atoms with Gasteiger partial charge in [-0.1, -0.05) is 0 Å². The summed E-state index contributed by atoms with van der Waals surface area (Å²) in [6, 6.07) is 6.76. The number of piperazine rings is 1. The van der Waals surface area contributed by atoms with Gasteiger partial charge in [-0.3, -0.25) is 9.10 Å². The van der Waals surface area contributed by atoms with Crippen molar-refractivity contribution >= 4 is 21.6 Å². The lowest BCUT2D eigenvalue weighted by Gasteiger charge is -2.32. The first-order valence-corrected chi connectivity index (χ1v) is 14.6. The minimum Gasteiger partial charge on any atom is -0.496 e. The highest BCUT2D eigenvalue weighted by Gasteiger charge is 2.44. The largest absolute Gasteiger partial charge is 0.496 e. The molecule has 1 fully saturated rings. The Kier molecular flexibility index (Phi) is 8.64. The maximum atomic E-state index is 14.3. The maximum Gasteiger partial charge on any atom is 0.264 e. The van der Waals surface area contributed by atoms with Crippen LogP contribution < -0.4 is 14.4 Å². The third-order valence-corrected chi connectivity index (χ3v) is 10.0. The topological polar surface area (TPSA) is 82.2 Å². The predicted molar refractivity (Wildman–Crippen MR) is 147 cm³/mol. The molecular weight excluding hydrogens is 507 g/mol. The Morgan fingerprint density at radius 2 is 1.82 bits per heavy atom. The summed E-state index contributed by atoms with van der Waals surface area (Å²) in [5.74, 6) is -0.469. The van der Waals surface area contributed by atoms with Crippen LogP contribution in [-0.4, -0.2) is 83.6 Å². The lowest BCUT2D eigenvalue weighted by molar-refractivity contribution is -0.121. The number of anilines is 1. The second-order valence-corrected chi connectivity index (χ2v) is 12.2. The fraction of sp³-hybridized carbons (Fsp3) is 0.536. The van der Waals surface area contributed by atoms with Gasteiger partial charge in [0.25, 0.3) is 10.0 Å². The third kappa shape index (κ3) is 5.67. The van der Waals surface area contributed by atoms with Crippen LogP contribution in [0.3, 0.4) is 0 Å². The van der Waals surface area contributed by atoms with Gasteiger partial charge in [-0.05, 0) is 87.8 Å². The molecule has 2 atom stereocenters. The molecule has 2 aromatic carbocycles. The predicted octanol–water partition coefficient (Wildman–Crippen LogP) is 3.28. The molecule has 1 saturated heterocycles. The van der Waals surface area contributed by atoms with Gasteiger partial charge in [0, 0.05) is 45.1 Å². The summed E-state index contributed by atoms with van der Waals surface area (Å²) in [4.78, 5) is 17.8. The monoisotopic (exact) mass is 546 g/mol. The Labute approximate surface area is 225 Å². The number of rotatable bonds is 9. The van der Waals surface area contributed by atoms with Crippen molar-refractivity contribution in [2.45, 2.75) is 50.5 Å². The van der Waals surface area contributed by atoms with Gasteiger partial charge >= 0.3 is 0 Å². The van der Waals surface area contributed by atoms with Crippen molar-refractivity contribution in [3.8, 4) is 5.75 Å². The number of halogens is 1. The molecule has 2 aliphatic rings. The third-order valence-electron chi connectivity index (χ3n) is 8.00. The normalized spacial score (nSPS) is 20.4. The fourth-order valence-electron chi connectivity index (χ4n) is 5.55. The first-order chi connectivity index (χ1) is 18.0. The van der Waals surface area contributed by atoms with Crippen molar-refractivity contribution in [1.82, 2.24) is 15.1 Å². The number of carbonyl (C=O) groups excluding carboxylic acids is 1. The zero-order chi connectivity index (χ0) is 27.6. The fourth-order valence-corrected chi connectivity index (χ4v) is 7.55. The summed E-state index contributed by atoms with van der Waals surface area (Å²) in [7, 11) is -0.314. The van der Waals surface area contributed by atoms with Crippen molar-refractivity contribution in [3.05, 3.63) is 52.8 Å². The van der Waals surface area contributed by atoms with Gasteiger partial charge in [0.15, 0.2) is 0 Å². The van der Waals surface area contributed by atoms with Gasteiger partial charge in [-0.25, -0.2) is 12.8 Å². The second-order valence-electron chi connectivity index (χ2n) is 10.4. The van der Waals surface area contributed by atoms with E-state index in [4.69, 9.17) is 4.74 Å². The van der Waals surface area contributed by atoms with Gasteiger partial charge in [-0.15, -0.1) is 0 Å². The van der Waals surface area contributed by atoms with E-state index < -0.39 is 27.8 Å². The minimum absolute atomic E-state index is 0.0821. The summed E-state index contributed by atoms with van der Waals surface area (Å²) < 4.78 is 48.9. The zero-order valence-corrected chi connectivity index (χ0v) is 23.8. The van der Waals surface area contributed by atoms with E-state index in [1.165, 1.54) is 22.5 Å². The van der Waals surface area contributed by atoms with Crippen LogP contribution in [0.15, 0.2) is 35.2 Å². The molecule has 208 valence electrons. The van der Waals surface area contributed by atoms with E-state index in [0.29, 0.717) is 29.1 Å². The van der Waals surface area contributed by atoms with E-state index >= 15 is 0 Å². The average Bonchev–Trinajstić information content (AvgIpc) is 3.15. The first-order valence-electron chi connectivity index (χ1n) is 13.2. The number of nitrogens with zero attached hydrogens (tertiary/aromatic N) is 3. The summed E-state index contributed by atoms with van der Waals surface area (Å²) in [6.45, 7) is 11.0. The minimum atomic E-state index is -3.98. The molecule has 0 bridgehead atoms. The lowest BCUT2D eigenvalue weighted by Crippen LogP contribution is -2.45. The molecule has 1 amide bonds. The smallest absolute Gasteiger partial charge is 0.264 e. The van der Waals surface area contributed by atoms with Crippen LogP contribution in [0.1, 0.15) is 42.4 Å². The van der Waals surface area contributed by atoms with Gasteiger partial charge in [0.05, 0.1) is 23.7 Å². The number of sulfonamides is 1. The van der Waals surface area contributed by atoms with E-state index in [0.717, 1.165) is 44.7 Å². The van der Waals surface area contributed by atoms with Crippen LogP contribution in [0.5, 0.6) is 5.75 Å². The molecule has 0 spiro atoms. The van der Waals surface area contributed by atoms with Crippen molar-refractivity contribution in [1.29, 1.82) is 0 Å². The molecule has 0 aliphatic carbocycles. The summed E-state index contributed by atoms with van der Waals surface area (Å²) in [5, 5.41) is 2.99. The number of benzene rings is 2. The molecule has 2 heterocycles. The Balaban J connectivity index is 1.49. The molecule has 1 N–H and O–H groups in total. The number of amides is 1. The number of hydrogen-bond acceptors (Lipinski definition) is 6. The van der Waals surface area contributed by atoms with Gasteiger partial charge in [0.2, 0.25) is 5.91 Å². The highest BCUT2D eigenvalue weighted by atomic mass is 32.2. The van der Waals surface area contributed by atoms with Crippen LogP contribution in [0.25, 0.3) is 0 Å². The van der Waals surface area contributed by atoms with E-state index in [2.05, 4.69) is 22.2 Å². The van der Waals surface area contributed by atoms with Gasteiger partial charge < -0.3 is 19.9 Å². The number of fused-ring (bicyclic) bond motifs is 1. The Morgan fingerprint density at radius 1 is 1.11 bits per heavy atom. The molecule has 4 rings (SSSR count). The van der Waals surface area contributed by atoms with Crippen molar-refractivity contribution < 1.29 is 22.3 Å². The first kappa shape index (κ1) is 28.3. The number of carbonyl (C=O) groups is 1. The van der Waals surface area contributed by atoms with Crippen molar-refractivity contribution in [3.63, 3.8) is 0 Å². The Bertz CT molecular complexity index is 1280. The van der Waals surface area contributed by atoms with Crippen LogP contribution in [0.2, 0.25) is 0 Å². The zero-order valence-electron chi connectivity index (χ0n) is 23.0. The van der Waals surface area contributed by atoms with Crippen LogP contribution in [0, 0.1) is 19.7 Å². The molecule has 0 aromatic heterocycles. The average molecular weight is 547 g/mol. The lowest BCUT2D eigenvalue weighted by atomic mass is 9.92. The second kappa shape index (κ2) is 11.6. The molecule has 0 unspecified atom stereocenters. The summed E-state index contributed by atoms with van der Waals surface area (Å²) in [5.41, 5.74) is 2.30. The molecule has 38 heavy (non-hydrogen) atoms. The SMILES string of the molecule is COc1ccc(S(=O)(=O)N2c3ccc(F)cc3[C@@H](CC(=O)NCCCN3CCN(C)CC3)[C@@H]2C)c(C)c1C. The quantitative estimate of drug-likeness (QED) is 0.487. The molecule has 10 heteroatoms. The van der Waals surface area contributed by atoms with Crippen LogP contribution in [-0.2, 0) is 14.8 Å². The van der Waals surface area contributed by atoms with Gasteiger partial charge in [-0.2, -0.15) is 0 Å². The standard InChI is InChI=1S/C28H39FN4O4S/c1-19-20(2)27(10-9-26(19)37-5)38(35,36)33-21(3)23(24-17-22(29)7-8-25(24)33)18-28(34)30-11-6-12-32-15-13-31(4)14-16-32/h7-10,17,21,23H,6,11-16,18H2,1-5H3,(H,30,34)/t21-,23-/m0/s1. The van der Waals surface area contributed by atoms with Crippen molar-refractivity contribution in [2.24, 2.45) is 0 Å². The number of nitrogens with one attached hydrogen (secondary N) is 1. The molecule has 2 aromatic rings. The number of hydrogen-bond donors (Lipinski definition) is 1. The number of likely N-dealkylation sites (N-methyl/N-ethyl adjacent to an activating group) is 1. The van der Waals surface area contributed by atoms with E-state index in [1.807, 2.05) is 6.92 Å². The maximum absolute atomic E-state index is 14.3. The molecule has 0 saturated carbocycles. The van der Waals surface area contributed by atoms with Crippen molar-refractivity contribution in [2.75, 3.05) is 57.7 Å². The summed E-state index contributed by atoms with van der Waals surface area (Å²) in [6.07, 6.45) is 0.927. The molecule has 2 aliphatic heterocycles. The Hall–Kier alpha value is -2.69. The summed E-state index contributed by atoms with van der Waals surface area (Å²) >= 11 is 0. The van der Waals surface area contributed by atoms with Crippen LogP contribution >= 0.6 is 0 Å². The Morgan fingerprint density at radius 3 is 2.50 bits per heavy atom. The van der Waals surface area contributed by atoms with E-state index in [9.17, 15) is 17.6 Å². The number of methoxy groups -OCH3 is 1. The highest BCUT2D eigenvalue weighted by molar-refractivity contribution is 7.93. The molecular formula is C28H39FN4O4S. The number of ether oxygens (including phenoxy) is 1. The molecule has 0 radical (unpaired) electrons. The highest BCUT2D eigenvalue weighted by Crippen LogP contribution is 2.46. The van der Waals surface area contributed by atoms with Crippen LogP contribution in [0.4, 0.5) is 10.1 Å². The van der Waals surface area contributed by atoms with E-state index in [1.54, 1.807) is 33.1 Å². The van der Waals surface area contributed by atoms with E-state index in [-0.39, 0.29) is 17.2 Å². The molecule has 8 nitrogen and oxygen atoms in total.